The molecular formula is C13H16N2O4. The molecule has 1 unspecified atom stereocenters. The number of anilines is 1. The van der Waals surface area contributed by atoms with Gasteiger partial charge in [-0.05, 0) is 31.7 Å². The van der Waals surface area contributed by atoms with Crippen LogP contribution in [0.15, 0.2) is 24.3 Å². The Bertz CT molecular complexity index is 485. The zero-order valence-corrected chi connectivity index (χ0v) is 10.7. The van der Waals surface area contributed by atoms with Crippen molar-refractivity contribution in [3.63, 3.8) is 0 Å². The lowest BCUT2D eigenvalue weighted by atomic mass is 10.2. The molecule has 102 valence electrons. The van der Waals surface area contributed by atoms with Gasteiger partial charge in [-0.1, -0.05) is 6.07 Å². The number of hydrogen-bond donors (Lipinski definition) is 1. The molecule has 1 atom stereocenters. The van der Waals surface area contributed by atoms with Gasteiger partial charge >= 0.3 is 0 Å². The lowest BCUT2D eigenvalue weighted by Gasteiger charge is -2.13. The summed E-state index contributed by atoms with van der Waals surface area (Å²) in [6.07, 6.45) is 1.78. The van der Waals surface area contributed by atoms with Crippen LogP contribution in [-0.4, -0.2) is 23.5 Å². The molecule has 0 saturated heterocycles. The maximum Gasteiger partial charge on any atom is 0.271 e. The smallest absolute Gasteiger partial charge is 0.271 e. The van der Waals surface area contributed by atoms with Crippen LogP contribution in [0.5, 0.6) is 0 Å². The van der Waals surface area contributed by atoms with Crippen LogP contribution >= 0.6 is 0 Å². The number of hydrogen-bond acceptors (Lipinski definition) is 4. The molecule has 1 fully saturated rings. The molecular weight excluding hydrogens is 248 g/mol. The van der Waals surface area contributed by atoms with E-state index in [2.05, 4.69) is 5.32 Å². The number of ether oxygens (including phenoxy) is 1. The van der Waals surface area contributed by atoms with Gasteiger partial charge in [0, 0.05) is 17.8 Å². The first-order valence-electron chi connectivity index (χ1n) is 6.23. The number of carbonyl (C=O) groups is 1. The van der Waals surface area contributed by atoms with Gasteiger partial charge in [0.15, 0.2) is 0 Å². The van der Waals surface area contributed by atoms with Crippen molar-refractivity contribution in [1.82, 2.24) is 0 Å². The number of non-ortho nitro benzene ring substituents is 1. The number of nitrogens with zero attached hydrogens (tertiary/aromatic N) is 1. The van der Waals surface area contributed by atoms with Crippen LogP contribution in [0.3, 0.4) is 0 Å². The molecule has 1 saturated carbocycles. The maximum absolute atomic E-state index is 11.8. The van der Waals surface area contributed by atoms with Crippen molar-refractivity contribution in [3.8, 4) is 0 Å². The summed E-state index contributed by atoms with van der Waals surface area (Å²) in [4.78, 5) is 21.9. The Labute approximate surface area is 110 Å². The highest BCUT2D eigenvalue weighted by Gasteiger charge is 2.24. The predicted octanol–water partition coefficient (Wildman–Crippen LogP) is 2.35. The van der Waals surface area contributed by atoms with E-state index < -0.39 is 11.0 Å². The summed E-state index contributed by atoms with van der Waals surface area (Å²) >= 11 is 0. The van der Waals surface area contributed by atoms with Gasteiger partial charge in [-0.15, -0.1) is 0 Å². The Kier molecular flexibility index (Phi) is 4.11. The third kappa shape index (κ3) is 4.03. The van der Waals surface area contributed by atoms with Crippen LogP contribution in [0.25, 0.3) is 0 Å². The summed E-state index contributed by atoms with van der Waals surface area (Å²) < 4.78 is 5.43. The monoisotopic (exact) mass is 264 g/mol. The molecule has 0 spiro atoms. The molecule has 1 aliphatic carbocycles. The molecule has 1 aromatic carbocycles. The van der Waals surface area contributed by atoms with Crippen molar-refractivity contribution in [2.75, 3.05) is 11.9 Å². The average molecular weight is 264 g/mol. The largest absolute Gasteiger partial charge is 0.368 e. The van der Waals surface area contributed by atoms with E-state index >= 15 is 0 Å². The number of carbonyl (C=O) groups excluding carboxylic acids is 1. The van der Waals surface area contributed by atoms with Crippen molar-refractivity contribution >= 4 is 17.3 Å². The quantitative estimate of drug-likeness (QED) is 0.631. The van der Waals surface area contributed by atoms with Gasteiger partial charge in [0.25, 0.3) is 11.6 Å². The molecule has 1 N–H and O–H groups in total. The lowest BCUT2D eigenvalue weighted by Crippen LogP contribution is -2.28. The molecule has 19 heavy (non-hydrogen) atoms. The molecule has 0 radical (unpaired) electrons. The molecule has 0 aromatic heterocycles. The standard InChI is InChI=1S/C13H16N2O4/c1-9(19-8-10-5-6-10)13(16)14-11-3-2-4-12(7-11)15(17)18/h2-4,7,9-10H,5-6,8H2,1H3,(H,14,16). The zero-order valence-electron chi connectivity index (χ0n) is 10.7. The highest BCUT2D eigenvalue weighted by molar-refractivity contribution is 5.94. The van der Waals surface area contributed by atoms with Crippen molar-refractivity contribution in [2.24, 2.45) is 5.92 Å². The van der Waals surface area contributed by atoms with E-state index in [0.717, 1.165) is 0 Å². The highest BCUT2D eigenvalue weighted by atomic mass is 16.6. The number of amides is 1. The molecule has 2 rings (SSSR count). The number of rotatable bonds is 6. The highest BCUT2D eigenvalue weighted by Crippen LogP contribution is 2.29. The van der Waals surface area contributed by atoms with Crippen LogP contribution < -0.4 is 5.32 Å². The summed E-state index contributed by atoms with van der Waals surface area (Å²) in [5.74, 6) is 0.300. The second-order valence-corrected chi connectivity index (χ2v) is 4.72. The number of nitro groups is 1. The van der Waals surface area contributed by atoms with E-state index in [9.17, 15) is 14.9 Å². The van der Waals surface area contributed by atoms with Gasteiger partial charge in [-0.25, -0.2) is 0 Å². The van der Waals surface area contributed by atoms with Crippen LogP contribution in [0.2, 0.25) is 0 Å². The Morgan fingerprint density at radius 1 is 1.58 bits per heavy atom. The van der Waals surface area contributed by atoms with Gasteiger partial charge in [0.05, 0.1) is 11.5 Å². The minimum absolute atomic E-state index is 0.0515. The normalized spacial score (nSPS) is 15.8. The van der Waals surface area contributed by atoms with Gasteiger partial charge in [0.1, 0.15) is 6.10 Å². The maximum atomic E-state index is 11.8. The van der Waals surface area contributed by atoms with Gasteiger partial charge in [-0.3, -0.25) is 14.9 Å². The Morgan fingerprint density at radius 3 is 2.95 bits per heavy atom. The van der Waals surface area contributed by atoms with Crippen LogP contribution in [-0.2, 0) is 9.53 Å². The molecule has 1 amide bonds. The molecule has 0 aliphatic heterocycles. The summed E-state index contributed by atoms with van der Waals surface area (Å²) in [6.45, 7) is 2.28. The molecule has 6 nitrogen and oxygen atoms in total. The second-order valence-electron chi connectivity index (χ2n) is 4.72. The van der Waals surface area contributed by atoms with Gasteiger partial charge in [-0.2, -0.15) is 0 Å². The van der Waals surface area contributed by atoms with Gasteiger partial charge in [0.2, 0.25) is 0 Å². The summed E-state index contributed by atoms with van der Waals surface area (Å²) in [7, 11) is 0. The fourth-order valence-electron chi connectivity index (χ4n) is 1.58. The first-order valence-corrected chi connectivity index (χ1v) is 6.23. The van der Waals surface area contributed by atoms with Crippen molar-refractivity contribution in [1.29, 1.82) is 0 Å². The summed E-state index contributed by atoms with van der Waals surface area (Å²) in [5, 5.41) is 13.2. The number of benzene rings is 1. The lowest BCUT2D eigenvalue weighted by molar-refractivity contribution is -0.384. The SMILES string of the molecule is CC(OCC1CC1)C(=O)Nc1cccc([N+](=O)[O-])c1. The molecule has 0 bridgehead atoms. The number of nitrogens with one attached hydrogen (secondary N) is 1. The third-order valence-corrected chi connectivity index (χ3v) is 2.97. The van der Waals surface area contributed by atoms with Crippen molar-refractivity contribution in [2.45, 2.75) is 25.9 Å². The second kappa shape index (κ2) is 5.79. The minimum atomic E-state index is -0.556. The Balaban J connectivity index is 1.89. The first kappa shape index (κ1) is 13.5. The average Bonchev–Trinajstić information content (AvgIpc) is 3.20. The fourth-order valence-corrected chi connectivity index (χ4v) is 1.58. The summed E-state index contributed by atoms with van der Waals surface area (Å²) in [5.41, 5.74) is 0.352. The van der Waals surface area contributed by atoms with E-state index in [1.54, 1.807) is 13.0 Å². The zero-order chi connectivity index (χ0) is 13.8. The van der Waals surface area contributed by atoms with Crippen LogP contribution in [0, 0.1) is 16.0 Å². The topological polar surface area (TPSA) is 81.5 Å². The van der Waals surface area contributed by atoms with Crippen LogP contribution in [0.4, 0.5) is 11.4 Å². The predicted molar refractivity (Wildman–Crippen MR) is 69.9 cm³/mol. The first-order chi connectivity index (χ1) is 9.06. The number of nitro benzene ring substituents is 1. The van der Waals surface area contributed by atoms with E-state index in [1.165, 1.54) is 31.0 Å². The fraction of sp³-hybridized carbons (Fsp3) is 0.462. The van der Waals surface area contributed by atoms with E-state index in [-0.39, 0.29) is 11.6 Å². The Hall–Kier alpha value is -1.95. The van der Waals surface area contributed by atoms with Gasteiger partial charge < -0.3 is 10.1 Å². The van der Waals surface area contributed by atoms with E-state index in [1.807, 2.05) is 0 Å². The van der Waals surface area contributed by atoms with E-state index in [4.69, 9.17) is 4.74 Å². The van der Waals surface area contributed by atoms with Crippen LogP contribution in [0.1, 0.15) is 19.8 Å². The molecule has 0 heterocycles. The minimum Gasteiger partial charge on any atom is -0.368 e. The Morgan fingerprint density at radius 2 is 2.32 bits per heavy atom. The molecule has 1 aromatic rings. The molecule has 1 aliphatic rings. The van der Waals surface area contributed by atoms with Crippen molar-refractivity contribution in [3.05, 3.63) is 34.4 Å². The summed E-state index contributed by atoms with van der Waals surface area (Å²) in [6, 6.07) is 5.84. The third-order valence-electron chi connectivity index (χ3n) is 2.97. The molecule has 6 heteroatoms. The van der Waals surface area contributed by atoms with Crippen molar-refractivity contribution < 1.29 is 14.5 Å². The van der Waals surface area contributed by atoms with E-state index in [0.29, 0.717) is 18.2 Å².